The minimum Gasteiger partial charge on any atom is -0.478 e. The van der Waals surface area contributed by atoms with Gasteiger partial charge in [-0.05, 0) is 11.6 Å². The van der Waals surface area contributed by atoms with Gasteiger partial charge in [-0.25, -0.2) is 4.79 Å². The van der Waals surface area contributed by atoms with Crippen LogP contribution < -0.4 is 9.47 Å². The Morgan fingerprint density at radius 2 is 2.06 bits per heavy atom. The van der Waals surface area contributed by atoms with Gasteiger partial charge >= 0.3 is 5.97 Å². The molecule has 0 saturated heterocycles. The Bertz CT molecular complexity index is 467. The molecule has 0 spiro atoms. The van der Waals surface area contributed by atoms with Gasteiger partial charge in [0.1, 0.15) is 0 Å². The molecular weight excluding hydrogens is 232 g/mol. The van der Waals surface area contributed by atoms with Gasteiger partial charge in [0.15, 0.2) is 11.5 Å². The topological polar surface area (TPSA) is 55.8 Å². The number of halogens is 1. The standard InChI is InChI=1S/C11H9ClO4/c1-6(11(13)14)2-7-3-9-10(4-8(7)12)16-5-15-9/h3-4H,1-2,5H2,(H,13,14). The second kappa shape index (κ2) is 4.06. The highest BCUT2D eigenvalue weighted by Gasteiger charge is 2.17. The van der Waals surface area contributed by atoms with Crippen molar-refractivity contribution in [2.24, 2.45) is 0 Å². The van der Waals surface area contributed by atoms with Crippen molar-refractivity contribution in [1.29, 1.82) is 0 Å². The van der Waals surface area contributed by atoms with Gasteiger partial charge in [0, 0.05) is 23.1 Å². The molecule has 2 rings (SSSR count). The first-order chi connectivity index (χ1) is 7.58. The van der Waals surface area contributed by atoms with Crippen LogP contribution in [0.4, 0.5) is 0 Å². The molecule has 16 heavy (non-hydrogen) atoms. The van der Waals surface area contributed by atoms with E-state index in [0.29, 0.717) is 22.1 Å². The molecule has 4 nitrogen and oxygen atoms in total. The maximum atomic E-state index is 10.7. The molecule has 0 saturated carbocycles. The van der Waals surface area contributed by atoms with Crippen LogP contribution in [0.3, 0.4) is 0 Å². The SMILES string of the molecule is C=C(Cc1cc2c(cc1Cl)OCO2)C(=O)O. The monoisotopic (exact) mass is 240 g/mol. The number of carboxylic acids is 1. The third-order valence-electron chi connectivity index (χ3n) is 2.25. The van der Waals surface area contributed by atoms with E-state index < -0.39 is 5.97 Å². The summed E-state index contributed by atoms with van der Waals surface area (Å²) in [5.41, 5.74) is 0.749. The molecule has 0 radical (unpaired) electrons. The summed E-state index contributed by atoms with van der Waals surface area (Å²) in [6.45, 7) is 3.62. The fraction of sp³-hybridized carbons (Fsp3) is 0.182. The van der Waals surface area contributed by atoms with Gasteiger partial charge in [0.05, 0.1) is 0 Å². The molecular formula is C11H9ClO4. The quantitative estimate of drug-likeness (QED) is 0.824. The van der Waals surface area contributed by atoms with Crippen molar-refractivity contribution < 1.29 is 19.4 Å². The van der Waals surface area contributed by atoms with Gasteiger partial charge in [-0.15, -0.1) is 0 Å². The molecule has 0 bridgehead atoms. The van der Waals surface area contributed by atoms with Crippen molar-refractivity contribution in [3.05, 3.63) is 34.9 Å². The fourth-order valence-corrected chi connectivity index (χ4v) is 1.62. The smallest absolute Gasteiger partial charge is 0.331 e. The van der Waals surface area contributed by atoms with Crippen LogP contribution in [0.2, 0.25) is 5.02 Å². The molecule has 1 aromatic carbocycles. The molecule has 1 heterocycles. The first kappa shape index (κ1) is 10.8. The van der Waals surface area contributed by atoms with Crippen molar-refractivity contribution in [1.82, 2.24) is 0 Å². The Morgan fingerprint density at radius 3 is 2.69 bits per heavy atom. The summed E-state index contributed by atoms with van der Waals surface area (Å²) in [6, 6.07) is 3.30. The molecule has 0 fully saturated rings. The lowest BCUT2D eigenvalue weighted by molar-refractivity contribution is -0.132. The van der Waals surface area contributed by atoms with E-state index in [1.165, 1.54) is 0 Å². The zero-order chi connectivity index (χ0) is 11.7. The van der Waals surface area contributed by atoms with Crippen LogP contribution in [0.1, 0.15) is 5.56 Å². The Morgan fingerprint density at radius 1 is 1.44 bits per heavy atom. The summed E-state index contributed by atoms with van der Waals surface area (Å²) in [6.07, 6.45) is 0.185. The molecule has 1 aromatic rings. The zero-order valence-corrected chi connectivity index (χ0v) is 9.08. The van der Waals surface area contributed by atoms with E-state index in [2.05, 4.69) is 6.58 Å². The first-order valence-corrected chi connectivity index (χ1v) is 4.95. The van der Waals surface area contributed by atoms with Gasteiger partial charge in [0.2, 0.25) is 6.79 Å². The van der Waals surface area contributed by atoms with Crippen LogP contribution in [0.5, 0.6) is 11.5 Å². The largest absolute Gasteiger partial charge is 0.478 e. The highest BCUT2D eigenvalue weighted by atomic mass is 35.5. The Kier molecular flexibility index (Phi) is 2.75. The molecule has 5 heteroatoms. The summed E-state index contributed by atoms with van der Waals surface area (Å²) in [7, 11) is 0. The minimum atomic E-state index is -1.03. The molecule has 0 aromatic heterocycles. The lowest BCUT2D eigenvalue weighted by Gasteiger charge is -2.05. The van der Waals surface area contributed by atoms with E-state index in [1.807, 2.05) is 0 Å². The van der Waals surface area contributed by atoms with Crippen molar-refractivity contribution in [2.45, 2.75) is 6.42 Å². The maximum absolute atomic E-state index is 10.7. The number of carboxylic acid groups (broad SMARTS) is 1. The average molecular weight is 241 g/mol. The van der Waals surface area contributed by atoms with Gasteiger partial charge in [-0.3, -0.25) is 0 Å². The van der Waals surface area contributed by atoms with E-state index in [4.69, 9.17) is 26.2 Å². The number of hydrogen-bond acceptors (Lipinski definition) is 3. The lowest BCUT2D eigenvalue weighted by atomic mass is 10.1. The van der Waals surface area contributed by atoms with Crippen LogP contribution in [0.15, 0.2) is 24.3 Å². The molecule has 1 N–H and O–H groups in total. The van der Waals surface area contributed by atoms with Crippen molar-refractivity contribution in [2.75, 3.05) is 6.79 Å². The van der Waals surface area contributed by atoms with Gasteiger partial charge in [-0.2, -0.15) is 0 Å². The molecule has 0 atom stereocenters. The summed E-state index contributed by atoms with van der Waals surface area (Å²) in [5, 5.41) is 9.18. The average Bonchev–Trinajstić information content (AvgIpc) is 2.65. The third kappa shape index (κ3) is 1.97. The van der Waals surface area contributed by atoms with Crippen LogP contribution >= 0.6 is 11.6 Å². The van der Waals surface area contributed by atoms with E-state index in [-0.39, 0.29) is 18.8 Å². The Hall–Kier alpha value is -1.68. The normalized spacial score (nSPS) is 12.6. The third-order valence-corrected chi connectivity index (χ3v) is 2.60. The highest BCUT2D eigenvalue weighted by Crippen LogP contribution is 2.37. The number of rotatable bonds is 3. The molecule has 1 aliphatic heterocycles. The zero-order valence-electron chi connectivity index (χ0n) is 8.33. The van der Waals surface area contributed by atoms with Gasteiger partial charge in [0.25, 0.3) is 0 Å². The summed E-state index contributed by atoms with van der Waals surface area (Å²) in [4.78, 5) is 10.7. The lowest BCUT2D eigenvalue weighted by Crippen LogP contribution is -2.02. The second-order valence-electron chi connectivity index (χ2n) is 3.38. The number of carbonyl (C=O) groups is 1. The Labute approximate surface area is 97.0 Å². The van der Waals surface area contributed by atoms with Crippen molar-refractivity contribution in [3.63, 3.8) is 0 Å². The van der Waals surface area contributed by atoms with Crippen LogP contribution in [0.25, 0.3) is 0 Å². The van der Waals surface area contributed by atoms with E-state index in [0.717, 1.165) is 0 Å². The predicted octanol–water partition coefficient (Wildman–Crippen LogP) is 2.25. The number of hydrogen-bond donors (Lipinski definition) is 1. The van der Waals surface area contributed by atoms with Crippen LogP contribution in [-0.4, -0.2) is 17.9 Å². The van der Waals surface area contributed by atoms with Crippen molar-refractivity contribution in [3.8, 4) is 11.5 Å². The summed E-state index contributed by atoms with van der Waals surface area (Å²) >= 11 is 5.99. The number of fused-ring (bicyclic) bond motifs is 1. The molecule has 1 aliphatic rings. The molecule has 84 valence electrons. The second-order valence-corrected chi connectivity index (χ2v) is 3.79. The van der Waals surface area contributed by atoms with E-state index in [9.17, 15) is 4.79 Å². The molecule has 0 unspecified atom stereocenters. The molecule has 0 amide bonds. The van der Waals surface area contributed by atoms with E-state index >= 15 is 0 Å². The summed E-state index contributed by atoms with van der Waals surface area (Å²) < 4.78 is 10.3. The number of ether oxygens (including phenoxy) is 2. The minimum absolute atomic E-state index is 0.0840. The van der Waals surface area contributed by atoms with Gasteiger partial charge < -0.3 is 14.6 Å². The number of aliphatic carboxylic acids is 1. The maximum Gasteiger partial charge on any atom is 0.331 e. The fourth-order valence-electron chi connectivity index (χ4n) is 1.40. The van der Waals surface area contributed by atoms with Crippen LogP contribution in [-0.2, 0) is 11.2 Å². The first-order valence-electron chi connectivity index (χ1n) is 4.57. The predicted molar refractivity (Wildman–Crippen MR) is 58.1 cm³/mol. The molecule has 0 aliphatic carbocycles. The highest BCUT2D eigenvalue weighted by molar-refractivity contribution is 6.31. The number of benzene rings is 1. The van der Waals surface area contributed by atoms with Crippen molar-refractivity contribution >= 4 is 17.6 Å². The Balaban J connectivity index is 2.28. The van der Waals surface area contributed by atoms with Gasteiger partial charge in [-0.1, -0.05) is 18.2 Å². The summed E-state index contributed by atoms with van der Waals surface area (Å²) in [5.74, 6) is 0.126. The van der Waals surface area contributed by atoms with E-state index in [1.54, 1.807) is 12.1 Å². The van der Waals surface area contributed by atoms with Crippen LogP contribution in [0, 0.1) is 0 Å².